The van der Waals surface area contributed by atoms with E-state index in [9.17, 15) is 0 Å². The lowest BCUT2D eigenvalue weighted by Gasteiger charge is -2.12. The molecule has 0 spiro atoms. The van der Waals surface area contributed by atoms with E-state index < -0.39 is 0 Å². The van der Waals surface area contributed by atoms with Gasteiger partial charge in [0.05, 0.1) is 0 Å². The van der Waals surface area contributed by atoms with Crippen molar-refractivity contribution in [3.8, 4) is 0 Å². The first-order chi connectivity index (χ1) is 4.77. The van der Waals surface area contributed by atoms with Crippen molar-refractivity contribution in [3.05, 3.63) is 0 Å². The smallest absolute Gasteiger partial charge is 0.0463 e. The molecule has 3 nitrogen and oxygen atoms in total. The maximum Gasteiger partial charge on any atom is 0.0463 e. The van der Waals surface area contributed by atoms with Gasteiger partial charge >= 0.3 is 0 Å². The van der Waals surface area contributed by atoms with E-state index in [1.54, 1.807) is 0 Å². The molecule has 0 radical (unpaired) electrons. The predicted molar refractivity (Wildman–Crippen MR) is 38.4 cm³/mol. The fourth-order valence-corrected chi connectivity index (χ4v) is 1.71. The zero-order valence-corrected chi connectivity index (χ0v) is 6.03. The van der Waals surface area contributed by atoms with Gasteiger partial charge in [-0.25, -0.2) is 0 Å². The molecule has 1 saturated carbocycles. The zero-order chi connectivity index (χ0) is 7.56. The summed E-state index contributed by atoms with van der Waals surface area (Å²) in [6.07, 6.45) is 1.73. The predicted octanol–water partition coefficient (Wildman–Crippen LogP) is -0.676. The summed E-state index contributed by atoms with van der Waals surface area (Å²) in [5.41, 5.74) is 5.64. The Hall–Kier alpha value is -0.120. The van der Waals surface area contributed by atoms with Crippen LogP contribution >= 0.6 is 0 Å². The summed E-state index contributed by atoms with van der Waals surface area (Å²) in [7, 11) is 0. The van der Waals surface area contributed by atoms with Gasteiger partial charge in [-0.1, -0.05) is 0 Å². The van der Waals surface area contributed by atoms with Gasteiger partial charge in [-0.2, -0.15) is 0 Å². The molecule has 0 bridgehead atoms. The van der Waals surface area contributed by atoms with Crippen molar-refractivity contribution in [1.29, 1.82) is 0 Å². The fourth-order valence-electron chi connectivity index (χ4n) is 1.71. The summed E-state index contributed by atoms with van der Waals surface area (Å²) in [4.78, 5) is 0. The third-order valence-corrected chi connectivity index (χ3v) is 2.35. The van der Waals surface area contributed by atoms with Crippen LogP contribution in [0.25, 0.3) is 0 Å². The normalized spacial score (nSPS) is 40.5. The Kier molecular flexibility index (Phi) is 2.65. The van der Waals surface area contributed by atoms with Gasteiger partial charge in [-0.05, 0) is 24.7 Å². The summed E-state index contributed by atoms with van der Waals surface area (Å²) in [5, 5.41) is 17.6. The molecule has 60 valence electrons. The second kappa shape index (κ2) is 3.32. The van der Waals surface area contributed by atoms with Crippen LogP contribution in [-0.2, 0) is 0 Å². The van der Waals surface area contributed by atoms with Crippen LogP contribution in [0, 0.1) is 11.8 Å². The van der Waals surface area contributed by atoms with Gasteiger partial charge in [0.15, 0.2) is 0 Å². The van der Waals surface area contributed by atoms with Crippen molar-refractivity contribution in [2.75, 3.05) is 13.2 Å². The van der Waals surface area contributed by atoms with Crippen molar-refractivity contribution in [2.45, 2.75) is 18.9 Å². The molecule has 1 aliphatic carbocycles. The Morgan fingerprint density at radius 1 is 1.10 bits per heavy atom. The Morgan fingerprint density at radius 2 is 1.50 bits per heavy atom. The van der Waals surface area contributed by atoms with Gasteiger partial charge in [0.25, 0.3) is 0 Å². The van der Waals surface area contributed by atoms with Gasteiger partial charge in [-0.3, -0.25) is 0 Å². The SMILES string of the molecule is NC1CC(CO)[C@@H](CO)C1. The first kappa shape index (κ1) is 7.98. The molecular weight excluding hydrogens is 130 g/mol. The standard InChI is InChI=1S/C7H15NO2/c8-7-1-5(3-9)6(2-7)4-10/h5-7,9-10H,1-4,8H2/t5-,6?,7?/m1/s1. The van der Waals surface area contributed by atoms with Gasteiger partial charge in [-0.15, -0.1) is 0 Å². The third-order valence-electron chi connectivity index (χ3n) is 2.35. The van der Waals surface area contributed by atoms with Gasteiger partial charge in [0.2, 0.25) is 0 Å². The number of nitrogens with two attached hydrogens (primary N) is 1. The third kappa shape index (κ3) is 1.48. The van der Waals surface area contributed by atoms with Crippen LogP contribution in [-0.4, -0.2) is 29.5 Å². The number of hydrogen-bond donors (Lipinski definition) is 3. The van der Waals surface area contributed by atoms with Gasteiger partial charge in [0, 0.05) is 19.3 Å². The summed E-state index contributed by atoms with van der Waals surface area (Å²) in [5.74, 6) is 0.472. The molecule has 1 fully saturated rings. The highest BCUT2D eigenvalue weighted by molar-refractivity contribution is 4.84. The molecular formula is C7H15NO2. The highest BCUT2D eigenvalue weighted by Gasteiger charge is 2.30. The molecule has 4 N–H and O–H groups in total. The van der Waals surface area contributed by atoms with Crippen LogP contribution in [0.2, 0.25) is 0 Å². The van der Waals surface area contributed by atoms with Crippen LogP contribution in [0.3, 0.4) is 0 Å². The minimum absolute atomic E-state index is 0.166. The molecule has 3 atom stereocenters. The number of aliphatic hydroxyl groups excluding tert-OH is 2. The summed E-state index contributed by atoms with van der Waals surface area (Å²) in [6.45, 7) is 0.331. The molecule has 0 saturated heterocycles. The van der Waals surface area contributed by atoms with E-state index >= 15 is 0 Å². The largest absolute Gasteiger partial charge is 0.396 e. The van der Waals surface area contributed by atoms with E-state index in [0.717, 1.165) is 12.8 Å². The Labute approximate surface area is 60.9 Å². The molecule has 0 aliphatic heterocycles. The Balaban J connectivity index is 2.41. The molecule has 1 aliphatic rings. The highest BCUT2D eigenvalue weighted by atomic mass is 16.3. The lowest BCUT2D eigenvalue weighted by atomic mass is 9.98. The fraction of sp³-hybridized carbons (Fsp3) is 1.00. The van der Waals surface area contributed by atoms with E-state index in [4.69, 9.17) is 15.9 Å². The molecule has 1 rings (SSSR count). The van der Waals surface area contributed by atoms with Crippen LogP contribution in [0.4, 0.5) is 0 Å². The van der Waals surface area contributed by atoms with Crippen molar-refractivity contribution in [2.24, 2.45) is 17.6 Å². The van der Waals surface area contributed by atoms with E-state index in [1.807, 2.05) is 0 Å². The average Bonchev–Trinajstić information content (AvgIpc) is 2.30. The highest BCUT2D eigenvalue weighted by Crippen LogP contribution is 2.29. The topological polar surface area (TPSA) is 66.5 Å². The van der Waals surface area contributed by atoms with Crippen LogP contribution in [0.1, 0.15) is 12.8 Å². The molecule has 3 heteroatoms. The van der Waals surface area contributed by atoms with Crippen LogP contribution in [0.5, 0.6) is 0 Å². The minimum atomic E-state index is 0.166. The molecule has 0 heterocycles. The molecule has 0 aromatic rings. The quantitative estimate of drug-likeness (QED) is 0.482. The maximum atomic E-state index is 8.82. The molecule has 0 amide bonds. The van der Waals surface area contributed by atoms with E-state index in [1.165, 1.54) is 0 Å². The first-order valence-corrected chi connectivity index (χ1v) is 3.75. The average molecular weight is 145 g/mol. The van der Waals surface area contributed by atoms with Crippen molar-refractivity contribution in [3.63, 3.8) is 0 Å². The summed E-state index contributed by atoms with van der Waals surface area (Å²) < 4.78 is 0. The van der Waals surface area contributed by atoms with Gasteiger partial charge < -0.3 is 15.9 Å². The van der Waals surface area contributed by atoms with Crippen molar-refractivity contribution < 1.29 is 10.2 Å². The lowest BCUT2D eigenvalue weighted by molar-refractivity contribution is 0.141. The molecule has 0 aromatic heterocycles. The lowest BCUT2D eigenvalue weighted by Crippen LogP contribution is -2.15. The second-order valence-corrected chi connectivity index (χ2v) is 3.12. The Morgan fingerprint density at radius 3 is 1.80 bits per heavy atom. The van der Waals surface area contributed by atoms with Crippen molar-refractivity contribution in [1.82, 2.24) is 0 Å². The minimum Gasteiger partial charge on any atom is -0.396 e. The second-order valence-electron chi connectivity index (χ2n) is 3.12. The number of hydrogen-bond acceptors (Lipinski definition) is 3. The number of rotatable bonds is 2. The van der Waals surface area contributed by atoms with E-state index in [-0.39, 0.29) is 31.1 Å². The monoisotopic (exact) mass is 145 g/mol. The molecule has 2 unspecified atom stereocenters. The number of aliphatic hydroxyl groups is 2. The van der Waals surface area contributed by atoms with E-state index in [2.05, 4.69) is 0 Å². The van der Waals surface area contributed by atoms with E-state index in [0.29, 0.717) is 0 Å². The summed E-state index contributed by atoms with van der Waals surface area (Å²) in [6, 6.07) is 0.189. The zero-order valence-electron chi connectivity index (χ0n) is 6.03. The maximum absolute atomic E-state index is 8.82. The Bertz CT molecular complexity index is 95.8. The van der Waals surface area contributed by atoms with Crippen LogP contribution in [0.15, 0.2) is 0 Å². The van der Waals surface area contributed by atoms with Crippen LogP contribution < -0.4 is 5.73 Å². The van der Waals surface area contributed by atoms with Crippen molar-refractivity contribution >= 4 is 0 Å². The van der Waals surface area contributed by atoms with Gasteiger partial charge in [0.1, 0.15) is 0 Å². The first-order valence-electron chi connectivity index (χ1n) is 3.75. The molecule has 0 aromatic carbocycles. The molecule has 10 heavy (non-hydrogen) atoms. The summed E-state index contributed by atoms with van der Waals surface area (Å²) >= 11 is 0.